The van der Waals surface area contributed by atoms with Crippen molar-refractivity contribution in [2.24, 2.45) is 5.10 Å². The summed E-state index contributed by atoms with van der Waals surface area (Å²) in [6.07, 6.45) is 3.49. The van der Waals surface area contributed by atoms with E-state index in [0.29, 0.717) is 10.8 Å². The second-order valence-corrected chi connectivity index (χ2v) is 6.46. The van der Waals surface area contributed by atoms with E-state index in [4.69, 9.17) is 11.6 Å². The van der Waals surface area contributed by atoms with Crippen molar-refractivity contribution in [1.82, 2.24) is 14.4 Å². The van der Waals surface area contributed by atoms with Crippen molar-refractivity contribution >= 4 is 60.8 Å². The Labute approximate surface area is 132 Å². The number of anilines is 1. The van der Waals surface area contributed by atoms with Gasteiger partial charge < -0.3 is 0 Å². The van der Waals surface area contributed by atoms with Crippen LogP contribution in [0, 0.1) is 0 Å². The molecule has 0 aliphatic heterocycles. The van der Waals surface area contributed by atoms with Crippen molar-refractivity contribution in [1.29, 1.82) is 0 Å². The topological polar surface area (TPSA) is 54.6 Å². The molecule has 4 rings (SSSR count). The summed E-state index contributed by atoms with van der Waals surface area (Å²) in [6.45, 7) is 0. The summed E-state index contributed by atoms with van der Waals surface area (Å²) < 4.78 is 2.95. The molecule has 0 saturated carbocycles. The largest absolute Gasteiger partial charge is 0.280 e. The molecule has 0 spiro atoms. The van der Waals surface area contributed by atoms with Crippen molar-refractivity contribution in [2.45, 2.75) is 0 Å². The van der Waals surface area contributed by atoms with Gasteiger partial charge in [0.15, 0.2) is 4.96 Å². The minimum absolute atomic E-state index is 0.557. The SMILES string of the molecule is Clc1c(/C=N/Nc2nc3ccccc3s2)nc2sccn12. The Morgan fingerprint density at radius 2 is 2.19 bits per heavy atom. The van der Waals surface area contributed by atoms with Gasteiger partial charge in [0.25, 0.3) is 0 Å². The molecule has 0 saturated heterocycles. The van der Waals surface area contributed by atoms with E-state index in [1.807, 2.05) is 40.2 Å². The van der Waals surface area contributed by atoms with E-state index in [0.717, 1.165) is 20.3 Å². The number of aromatic nitrogens is 3. The Kier molecular flexibility index (Phi) is 3.10. The maximum Gasteiger partial charge on any atom is 0.204 e. The molecule has 1 N–H and O–H groups in total. The number of benzene rings is 1. The summed E-state index contributed by atoms with van der Waals surface area (Å²) in [5.74, 6) is 0. The Morgan fingerprint density at radius 3 is 3.05 bits per heavy atom. The van der Waals surface area contributed by atoms with Crippen LogP contribution in [0.4, 0.5) is 5.13 Å². The van der Waals surface area contributed by atoms with E-state index in [1.54, 1.807) is 17.6 Å². The number of thiazole rings is 2. The molecule has 0 unspecified atom stereocenters. The van der Waals surface area contributed by atoms with Crippen molar-refractivity contribution in [3.8, 4) is 0 Å². The molecule has 3 heterocycles. The predicted molar refractivity (Wildman–Crippen MR) is 88.9 cm³/mol. The van der Waals surface area contributed by atoms with E-state index < -0.39 is 0 Å². The number of nitrogens with one attached hydrogen (secondary N) is 1. The quantitative estimate of drug-likeness (QED) is 0.453. The van der Waals surface area contributed by atoms with Crippen LogP contribution in [0.3, 0.4) is 0 Å². The first-order valence-electron chi connectivity index (χ1n) is 6.07. The highest BCUT2D eigenvalue weighted by molar-refractivity contribution is 7.22. The number of halogens is 1. The first-order chi connectivity index (χ1) is 10.3. The summed E-state index contributed by atoms with van der Waals surface area (Å²) in [5.41, 5.74) is 4.51. The second-order valence-electron chi connectivity index (χ2n) is 4.20. The van der Waals surface area contributed by atoms with E-state index >= 15 is 0 Å². The van der Waals surface area contributed by atoms with E-state index in [1.165, 1.54) is 11.3 Å². The lowest BCUT2D eigenvalue weighted by Crippen LogP contribution is -1.90. The van der Waals surface area contributed by atoms with Crippen LogP contribution in [-0.4, -0.2) is 20.6 Å². The molecule has 0 aliphatic carbocycles. The first kappa shape index (κ1) is 12.8. The fraction of sp³-hybridized carbons (Fsp3) is 0. The molecule has 21 heavy (non-hydrogen) atoms. The van der Waals surface area contributed by atoms with Crippen LogP contribution >= 0.6 is 34.3 Å². The average molecular weight is 334 g/mol. The number of para-hydroxylation sites is 1. The number of imidazole rings is 1. The van der Waals surface area contributed by atoms with Crippen LogP contribution in [0.1, 0.15) is 5.69 Å². The Morgan fingerprint density at radius 1 is 1.29 bits per heavy atom. The van der Waals surface area contributed by atoms with Gasteiger partial charge in [0.05, 0.1) is 16.4 Å². The monoisotopic (exact) mass is 333 g/mol. The molecule has 104 valence electrons. The number of hydrogen-bond donors (Lipinski definition) is 1. The van der Waals surface area contributed by atoms with Gasteiger partial charge in [-0.1, -0.05) is 35.1 Å². The fourth-order valence-electron chi connectivity index (χ4n) is 1.93. The minimum Gasteiger partial charge on any atom is -0.280 e. The van der Waals surface area contributed by atoms with E-state index in [9.17, 15) is 0 Å². The number of rotatable bonds is 3. The summed E-state index contributed by atoms with van der Waals surface area (Å²) in [6, 6.07) is 7.96. The molecule has 0 aliphatic rings. The number of nitrogens with zero attached hydrogens (tertiary/aromatic N) is 4. The van der Waals surface area contributed by atoms with Crippen LogP contribution in [0.5, 0.6) is 0 Å². The maximum absolute atomic E-state index is 6.22. The van der Waals surface area contributed by atoms with Crippen molar-refractivity contribution < 1.29 is 0 Å². The summed E-state index contributed by atoms with van der Waals surface area (Å²) in [4.78, 5) is 9.67. The predicted octanol–water partition coefficient (Wildman–Crippen LogP) is 4.10. The lowest BCUT2D eigenvalue weighted by molar-refractivity contribution is 1.23. The number of hydrazone groups is 1. The lowest BCUT2D eigenvalue weighted by atomic mass is 10.3. The highest BCUT2D eigenvalue weighted by Crippen LogP contribution is 2.25. The van der Waals surface area contributed by atoms with Gasteiger partial charge >= 0.3 is 0 Å². The normalized spacial score (nSPS) is 11.9. The summed E-state index contributed by atoms with van der Waals surface area (Å²) >= 11 is 9.30. The third kappa shape index (κ3) is 2.29. The number of hydrogen-bond acceptors (Lipinski definition) is 6. The second kappa shape index (κ2) is 5.10. The minimum atomic E-state index is 0.557. The van der Waals surface area contributed by atoms with Gasteiger partial charge in [-0.15, -0.1) is 11.3 Å². The Balaban J connectivity index is 1.57. The first-order valence-corrected chi connectivity index (χ1v) is 8.14. The molecular formula is C13H8ClN5S2. The molecule has 0 bridgehead atoms. The molecule has 0 atom stereocenters. The van der Waals surface area contributed by atoms with E-state index in [-0.39, 0.29) is 0 Å². The van der Waals surface area contributed by atoms with Crippen LogP contribution in [0.25, 0.3) is 15.2 Å². The molecule has 0 fully saturated rings. The van der Waals surface area contributed by atoms with Gasteiger partial charge in [0, 0.05) is 11.6 Å². The van der Waals surface area contributed by atoms with E-state index in [2.05, 4.69) is 20.5 Å². The highest BCUT2D eigenvalue weighted by atomic mass is 35.5. The van der Waals surface area contributed by atoms with Gasteiger partial charge in [-0.05, 0) is 12.1 Å². The van der Waals surface area contributed by atoms with Crippen molar-refractivity contribution in [2.75, 3.05) is 5.43 Å². The van der Waals surface area contributed by atoms with Crippen LogP contribution in [0.2, 0.25) is 5.15 Å². The zero-order valence-corrected chi connectivity index (χ0v) is 12.9. The molecule has 4 aromatic rings. The van der Waals surface area contributed by atoms with Crippen molar-refractivity contribution in [3.63, 3.8) is 0 Å². The van der Waals surface area contributed by atoms with Gasteiger partial charge in [-0.2, -0.15) is 5.10 Å². The lowest BCUT2D eigenvalue weighted by Gasteiger charge is -1.91. The standard InChI is InChI=1S/C13H8ClN5S2/c14-11-9(17-13-19(11)5-6-20-13)7-15-18-12-16-8-3-1-2-4-10(8)21-12/h1-7H,(H,16,18)/b15-7+. The smallest absolute Gasteiger partial charge is 0.204 e. The van der Waals surface area contributed by atoms with Crippen LogP contribution in [0.15, 0.2) is 40.9 Å². The molecule has 1 aromatic carbocycles. The van der Waals surface area contributed by atoms with Gasteiger partial charge in [-0.25, -0.2) is 9.97 Å². The number of fused-ring (bicyclic) bond motifs is 2. The highest BCUT2D eigenvalue weighted by Gasteiger charge is 2.08. The summed E-state index contributed by atoms with van der Waals surface area (Å²) in [5, 5.41) is 7.40. The average Bonchev–Trinajstić information content (AvgIpc) is 3.16. The third-order valence-corrected chi connectivity index (χ3v) is 4.94. The van der Waals surface area contributed by atoms with Gasteiger partial charge in [-0.3, -0.25) is 9.83 Å². The Bertz CT molecular complexity index is 919. The molecule has 0 amide bonds. The van der Waals surface area contributed by atoms with Crippen molar-refractivity contribution in [3.05, 3.63) is 46.7 Å². The zero-order valence-electron chi connectivity index (χ0n) is 10.5. The van der Waals surface area contributed by atoms with Crippen LogP contribution < -0.4 is 5.43 Å². The van der Waals surface area contributed by atoms with Crippen LogP contribution in [-0.2, 0) is 0 Å². The Hall–Kier alpha value is -1.96. The molecule has 8 heteroatoms. The molecule has 0 radical (unpaired) electrons. The molecule has 5 nitrogen and oxygen atoms in total. The maximum atomic E-state index is 6.22. The summed E-state index contributed by atoms with van der Waals surface area (Å²) in [7, 11) is 0. The molecule has 3 aromatic heterocycles. The third-order valence-electron chi connectivity index (χ3n) is 2.87. The van der Waals surface area contributed by atoms with Gasteiger partial charge in [0.2, 0.25) is 5.13 Å². The van der Waals surface area contributed by atoms with Gasteiger partial charge in [0.1, 0.15) is 10.8 Å². The zero-order chi connectivity index (χ0) is 14.2. The molecular weight excluding hydrogens is 326 g/mol. The fourth-order valence-corrected chi connectivity index (χ4v) is 3.74.